The lowest BCUT2D eigenvalue weighted by atomic mass is 10.1. The second-order valence-corrected chi connectivity index (χ2v) is 6.79. The maximum atomic E-state index is 5.27. The summed E-state index contributed by atoms with van der Waals surface area (Å²) in [6.07, 6.45) is 11.3. The molecule has 0 fully saturated rings. The molecule has 0 atom stereocenters. The Balaban J connectivity index is 1.90. The molecule has 28 heavy (non-hydrogen) atoms. The third-order valence-electron chi connectivity index (χ3n) is 5.00. The Morgan fingerprint density at radius 1 is 1.00 bits per heavy atom. The van der Waals surface area contributed by atoms with E-state index in [0.29, 0.717) is 0 Å². The molecule has 0 aliphatic carbocycles. The zero-order valence-electron chi connectivity index (χ0n) is 17.0. The number of hydrogen-bond donors (Lipinski definition) is 0. The second kappa shape index (κ2) is 9.84. The maximum Gasteiger partial charge on any atom is 0.0862 e. The van der Waals surface area contributed by atoms with Crippen LogP contribution >= 0.6 is 0 Å². The lowest BCUT2D eigenvalue weighted by Crippen LogP contribution is -2.25. The van der Waals surface area contributed by atoms with Gasteiger partial charge in [-0.3, -0.25) is 0 Å². The summed E-state index contributed by atoms with van der Waals surface area (Å²) in [6.45, 7) is 10.9. The van der Waals surface area contributed by atoms with Gasteiger partial charge in [-0.1, -0.05) is 30.4 Å². The molecule has 0 bridgehead atoms. The molecular formula is C25H30N2O. The minimum Gasteiger partial charge on any atom is -0.473 e. The quantitative estimate of drug-likeness (QED) is 0.292. The van der Waals surface area contributed by atoms with Crippen molar-refractivity contribution in [1.29, 1.82) is 0 Å². The second-order valence-electron chi connectivity index (χ2n) is 6.79. The summed E-state index contributed by atoms with van der Waals surface area (Å²) in [6, 6.07) is 15.5. The van der Waals surface area contributed by atoms with Crippen LogP contribution in [0.15, 0.2) is 79.8 Å². The van der Waals surface area contributed by atoms with Crippen molar-refractivity contribution in [3.63, 3.8) is 0 Å². The number of benzene rings is 2. The molecule has 0 unspecified atom stereocenters. The molecule has 0 spiro atoms. The third-order valence-corrected chi connectivity index (χ3v) is 5.00. The Labute approximate surface area is 168 Å². The highest BCUT2D eigenvalue weighted by atomic mass is 16.5. The number of aromatic nitrogens is 1. The minimum absolute atomic E-state index is 0.934. The van der Waals surface area contributed by atoms with Crippen molar-refractivity contribution in [3.8, 4) is 0 Å². The highest BCUT2D eigenvalue weighted by Crippen LogP contribution is 2.32. The molecular weight excluding hydrogens is 344 g/mol. The number of hydrogen-bond acceptors (Lipinski definition) is 2. The number of allylic oxidation sites excluding steroid dienone is 1. The lowest BCUT2D eigenvalue weighted by molar-refractivity contribution is 0.400. The number of rotatable bonds is 10. The summed E-state index contributed by atoms with van der Waals surface area (Å²) in [5, 5.41) is 2.65. The largest absolute Gasteiger partial charge is 0.473 e. The summed E-state index contributed by atoms with van der Waals surface area (Å²) < 4.78 is 7.67. The van der Waals surface area contributed by atoms with E-state index in [9.17, 15) is 0 Å². The van der Waals surface area contributed by atoms with E-state index in [1.165, 1.54) is 27.5 Å². The molecule has 0 saturated carbocycles. The Hall–Kier alpha value is -2.94. The third kappa shape index (κ3) is 4.30. The molecule has 1 aromatic heterocycles. The SMILES string of the molecule is C=CCCN(CCC=COC=CC)c1ccc2c(c1)c1ccccc1n2CC. The van der Waals surface area contributed by atoms with Crippen molar-refractivity contribution >= 4 is 27.5 Å². The average molecular weight is 375 g/mol. The highest BCUT2D eigenvalue weighted by molar-refractivity contribution is 6.09. The zero-order chi connectivity index (χ0) is 19.8. The molecule has 0 N–H and O–H groups in total. The van der Waals surface area contributed by atoms with Crippen molar-refractivity contribution in [3.05, 3.63) is 79.8 Å². The summed E-state index contributed by atoms with van der Waals surface area (Å²) >= 11 is 0. The molecule has 0 radical (unpaired) electrons. The van der Waals surface area contributed by atoms with Crippen molar-refractivity contribution < 1.29 is 4.74 Å². The van der Waals surface area contributed by atoms with Crippen molar-refractivity contribution in [2.75, 3.05) is 18.0 Å². The standard InChI is InChI=1S/C25H30N2O/c1-4-7-16-26(17-10-11-19-28-18-5-2)21-14-15-25-23(20-21)22-12-8-9-13-24(22)27(25)6-3/h4-5,8-9,11-15,18-20H,1,6-7,10,16-17H2,2-3H3. The van der Waals surface area contributed by atoms with Gasteiger partial charge in [0.15, 0.2) is 0 Å². The number of ether oxygens (including phenoxy) is 1. The van der Waals surface area contributed by atoms with E-state index in [1.54, 1.807) is 12.5 Å². The van der Waals surface area contributed by atoms with Crippen LogP contribution in [-0.4, -0.2) is 17.7 Å². The fourth-order valence-corrected chi connectivity index (χ4v) is 3.67. The number of fused-ring (bicyclic) bond motifs is 3. The monoisotopic (exact) mass is 374 g/mol. The van der Waals surface area contributed by atoms with Crippen LogP contribution in [0.1, 0.15) is 26.7 Å². The molecule has 1 heterocycles. The maximum absolute atomic E-state index is 5.27. The van der Waals surface area contributed by atoms with Gasteiger partial charge in [-0.05, 0) is 57.0 Å². The van der Waals surface area contributed by atoms with E-state index in [2.05, 4.69) is 71.5 Å². The van der Waals surface area contributed by atoms with Gasteiger partial charge in [0.1, 0.15) is 0 Å². The van der Waals surface area contributed by atoms with Crippen molar-refractivity contribution in [2.45, 2.75) is 33.2 Å². The van der Waals surface area contributed by atoms with Gasteiger partial charge in [-0.15, -0.1) is 6.58 Å². The molecule has 146 valence electrons. The normalized spacial score (nSPS) is 11.8. The Morgan fingerprint density at radius 3 is 2.57 bits per heavy atom. The fourth-order valence-electron chi connectivity index (χ4n) is 3.67. The lowest BCUT2D eigenvalue weighted by Gasteiger charge is -2.24. The van der Waals surface area contributed by atoms with E-state index in [-0.39, 0.29) is 0 Å². The van der Waals surface area contributed by atoms with Gasteiger partial charge >= 0.3 is 0 Å². The van der Waals surface area contributed by atoms with Crippen LogP contribution < -0.4 is 4.90 Å². The first-order valence-electron chi connectivity index (χ1n) is 10.1. The van der Waals surface area contributed by atoms with E-state index >= 15 is 0 Å². The van der Waals surface area contributed by atoms with Crippen LogP contribution in [-0.2, 0) is 11.3 Å². The van der Waals surface area contributed by atoms with Gasteiger partial charge in [0, 0.05) is 47.1 Å². The first kappa shape index (κ1) is 19.8. The van der Waals surface area contributed by atoms with Gasteiger partial charge < -0.3 is 14.2 Å². The number of para-hydroxylation sites is 1. The average Bonchev–Trinajstić information content (AvgIpc) is 3.05. The molecule has 3 aromatic rings. The molecule has 0 aliphatic rings. The molecule has 3 nitrogen and oxygen atoms in total. The van der Waals surface area contributed by atoms with Crippen LogP contribution in [0.5, 0.6) is 0 Å². The van der Waals surface area contributed by atoms with Crippen LogP contribution in [0, 0.1) is 0 Å². The molecule has 0 saturated heterocycles. The summed E-state index contributed by atoms with van der Waals surface area (Å²) in [5.41, 5.74) is 3.87. The van der Waals surface area contributed by atoms with Gasteiger partial charge in [0.2, 0.25) is 0 Å². The van der Waals surface area contributed by atoms with E-state index in [0.717, 1.165) is 32.5 Å². The van der Waals surface area contributed by atoms with Gasteiger partial charge in [-0.2, -0.15) is 0 Å². The first-order valence-corrected chi connectivity index (χ1v) is 10.1. The van der Waals surface area contributed by atoms with Crippen LogP contribution in [0.25, 0.3) is 21.8 Å². The topological polar surface area (TPSA) is 17.4 Å². The Morgan fingerprint density at radius 2 is 1.79 bits per heavy atom. The van der Waals surface area contributed by atoms with Crippen LogP contribution in [0.4, 0.5) is 5.69 Å². The predicted molar refractivity (Wildman–Crippen MR) is 122 cm³/mol. The minimum atomic E-state index is 0.934. The van der Waals surface area contributed by atoms with Crippen LogP contribution in [0.3, 0.4) is 0 Å². The zero-order valence-corrected chi connectivity index (χ0v) is 17.0. The Kier molecular flexibility index (Phi) is 6.96. The van der Waals surface area contributed by atoms with Gasteiger partial charge in [-0.25, -0.2) is 0 Å². The molecule has 3 rings (SSSR count). The molecule has 0 amide bonds. The van der Waals surface area contributed by atoms with E-state index in [1.807, 2.05) is 19.1 Å². The van der Waals surface area contributed by atoms with Crippen molar-refractivity contribution in [2.24, 2.45) is 0 Å². The summed E-state index contributed by atoms with van der Waals surface area (Å²) in [5.74, 6) is 0. The summed E-state index contributed by atoms with van der Waals surface area (Å²) in [4.78, 5) is 2.43. The number of anilines is 1. The molecule has 0 aliphatic heterocycles. The molecule has 3 heteroatoms. The predicted octanol–water partition coefficient (Wildman–Crippen LogP) is 6.65. The molecule has 2 aromatic carbocycles. The van der Waals surface area contributed by atoms with E-state index in [4.69, 9.17) is 4.74 Å². The Bertz CT molecular complexity index is 981. The van der Waals surface area contributed by atoms with Crippen LogP contribution in [0.2, 0.25) is 0 Å². The number of aryl methyl sites for hydroxylation is 1. The summed E-state index contributed by atoms with van der Waals surface area (Å²) in [7, 11) is 0. The van der Waals surface area contributed by atoms with Gasteiger partial charge in [0.05, 0.1) is 12.5 Å². The number of nitrogens with zero attached hydrogens (tertiary/aromatic N) is 2. The van der Waals surface area contributed by atoms with Gasteiger partial charge in [0.25, 0.3) is 0 Å². The smallest absolute Gasteiger partial charge is 0.0862 e. The van der Waals surface area contributed by atoms with Crippen molar-refractivity contribution in [1.82, 2.24) is 4.57 Å². The first-order chi connectivity index (χ1) is 13.8. The fraction of sp³-hybridized carbons (Fsp3) is 0.280. The highest BCUT2D eigenvalue weighted by Gasteiger charge is 2.12. The van der Waals surface area contributed by atoms with E-state index < -0.39 is 0 Å².